The van der Waals surface area contributed by atoms with Gasteiger partial charge in [0.25, 0.3) is 5.91 Å². The van der Waals surface area contributed by atoms with Gasteiger partial charge in [-0.2, -0.15) is 10.4 Å². The van der Waals surface area contributed by atoms with Crippen LogP contribution in [0.15, 0.2) is 24.5 Å². The number of benzene rings is 1. The van der Waals surface area contributed by atoms with E-state index < -0.39 is 0 Å². The molecule has 9 heteroatoms. The highest BCUT2D eigenvalue weighted by atomic mass is 32.1. The Labute approximate surface area is 166 Å². The van der Waals surface area contributed by atoms with Crippen LogP contribution in [0.4, 0.5) is 16.6 Å². The van der Waals surface area contributed by atoms with Crippen LogP contribution in [-0.2, 0) is 13.0 Å². The van der Waals surface area contributed by atoms with E-state index in [4.69, 9.17) is 5.26 Å². The molecule has 3 N–H and O–H groups in total. The van der Waals surface area contributed by atoms with Gasteiger partial charge in [0.15, 0.2) is 10.9 Å². The van der Waals surface area contributed by atoms with Crippen molar-refractivity contribution in [1.82, 2.24) is 14.8 Å². The fourth-order valence-electron chi connectivity index (χ4n) is 2.72. The van der Waals surface area contributed by atoms with E-state index in [1.807, 2.05) is 20.0 Å². The Hall–Kier alpha value is -3.38. The largest absolute Gasteiger partial charge is 0.508 e. The molecule has 0 unspecified atom stereocenters. The molecule has 0 spiro atoms. The summed E-state index contributed by atoms with van der Waals surface area (Å²) >= 11 is 1.20. The molecule has 0 saturated carbocycles. The number of rotatable bonds is 6. The molecule has 8 nitrogen and oxygen atoms in total. The maximum atomic E-state index is 12.6. The molecule has 0 aliphatic heterocycles. The number of carbonyl (C=O) groups excluding carboxylic acids is 1. The Morgan fingerprint density at radius 2 is 2.18 bits per heavy atom. The topological polar surface area (TPSA) is 116 Å². The van der Waals surface area contributed by atoms with Gasteiger partial charge in [-0.1, -0.05) is 24.3 Å². The number of phenolic OH excluding ortho intramolecular Hbond substituents is 1. The third-order valence-corrected chi connectivity index (χ3v) is 5.20. The predicted octanol–water partition coefficient (Wildman–Crippen LogP) is 3.74. The summed E-state index contributed by atoms with van der Waals surface area (Å²) in [5, 5.41) is 29.5. The number of aryl methyl sites for hydroxylation is 2. The monoisotopic (exact) mass is 396 g/mol. The lowest BCUT2D eigenvalue weighted by molar-refractivity contribution is 0.103. The van der Waals surface area contributed by atoms with Crippen LogP contribution in [0.25, 0.3) is 0 Å². The highest BCUT2D eigenvalue weighted by Crippen LogP contribution is 2.30. The number of hydrogen-bond acceptors (Lipinski definition) is 7. The highest BCUT2D eigenvalue weighted by Gasteiger charge is 2.16. The Bertz CT molecular complexity index is 1060. The first kappa shape index (κ1) is 19.4. The van der Waals surface area contributed by atoms with Gasteiger partial charge >= 0.3 is 0 Å². The number of nitrogens with one attached hydrogen (secondary N) is 2. The Kier molecular flexibility index (Phi) is 5.61. The van der Waals surface area contributed by atoms with Gasteiger partial charge in [0.2, 0.25) is 0 Å². The van der Waals surface area contributed by atoms with Gasteiger partial charge < -0.3 is 15.7 Å². The molecule has 0 saturated heterocycles. The van der Waals surface area contributed by atoms with Crippen molar-refractivity contribution in [3.63, 3.8) is 0 Å². The second kappa shape index (κ2) is 8.10. The molecule has 0 radical (unpaired) electrons. The van der Waals surface area contributed by atoms with Crippen molar-refractivity contribution >= 4 is 33.9 Å². The molecule has 0 aliphatic carbocycles. The van der Waals surface area contributed by atoms with Crippen molar-refractivity contribution in [2.75, 3.05) is 10.6 Å². The lowest BCUT2D eigenvalue weighted by Gasteiger charge is -2.11. The minimum atomic E-state index is -0.298. The molecule has 0 aliphatic rings. The van der Waals surface area contributed by atoms with Gasteiger partial charge in [-0.05, 0) is 31.9 Å². The number of amides is 1. The van der Waals surface area contributed by atoms with Gasteiger partial charge in [-0.3, -0.25) is 9.48 Å². The maximum Gasteiger partial charge on any atom is 0.267 e. The summed E-state index contributed by atoms with van der Waals surface area (Å²) in [7, 11) is 0. The smallest absolute Gasteiger partial charge is 0.267 e. The zero-order valence-corrected chi connectivity index (χ0v) is 16.6. The molecule has 2 heterocycles. The van der Waals surface area contributed by atoms with Gasteiger partial charge in [0, 0.05) is 17.3 Å². The third-order valence-electron chi connectivity index (χ3n) is 4.29. The number of nitrogens with zero attached hydrogens (tertiary/aromatic N) is 4. The molecular weight excluding hydrogens is 376 g/mol. The predicted molar refractivity (Wildman–Crippen MR) is 108 cm³/mol. The molecule has 0 atom stereocenters. The van der Waals surface area contributed by atoms with E-state index in [-0.39, 0.29) is 18.2 Å². The zero-order valence-electron chi connectivity index (χ0n) is 15.8. The van der Waals surface area contributed by atoms with E-state index in [0.717, 1.165) is 17.5 Å². The summed E-state index contributed by atoms with van der Waals surface area (Å²) in [6.07, 6.45) is 4.07. The van der Waals surface area contributed by atoms with Gasteiger partial charge in [0.1, 0.15) is 17.2 Å². The molecule has 2 aromatic heterocycles. The van der Waals surface area contributed by atoms with Crippen LogP contribution >= 0.6 is 11.3 Å². The lowest BCUT2D eigenvalue weighted by Crippen LogP contribution is -2.12. The van der Waals surface area contributed by atoms with E-state index in [0.29, 0.717) is 27.1 Å². The molecule has 3 rings (SSSR count). The average molecular weight is 396 g/mol. The average Bonchev–Trinajstić information content (AvgIpc) is 3.29. The van der Waals surface area contributed by atoms with Gasteiger partial charge in [-0.25, -0.2) is 4.98 Å². The van der Waals surface area contributed by atoms with E-state index in [1.165, 1.54) is 17.5 Å². The van der Waals surface area contributed by atoms with E-state index in [9.17, 15) is 9.90 Å². The van der Waals surface area contributed by atoms with Crippen molar-refractivity contribution in [2.45, 2.75) is 33.7 Å². The SMILES string of the molecule is CCc1cn(CC#N)nc1Nc1ncc(C(=O)Nc2c(C)ccc(O)c2C)s1. The van der Waals surface area contributed by atoms with Crippen LogP contribution in [-0.4, -0.2) is 25.8 Å². The molecule has 144 valence electrons. The van der Waals surface area contributed by atoms with Crippen molar-refractivity contribution in [2.24, 2.45) is 0 Å². The van der Waals surface area contributed by atoms with Crippen LogP contribution in [0.5, 0.6) is 5.75 Å². The third kappa shape index (κ3) is 3.97. The fourth-order valence-corrected chi connectivity index (χ4v) is 3.43. The van der Waals surface area contributed by atoms with Gasteiger partial charge in [0.05, 0.1) is 18.0 Å². The molecule has 0 fully saturated rings. The van der Waals surface area contributed by atoms with Crippen LogP contribution < -0.4 is 10.6 Å². The Morgan fingerprint density at radius 3 is 2.89 bits per heavy atom. The summed E-state index contributed by atoms with van der Waals surface area (Å²) in [5.74, 6) is 0.458. The first-order valence-corrected chi connectivity index (χ1v) is 9.51. The first-order chi connectivity index (χ1) is 13.4. The maximum absolute atomic E-state index is 12.6. The van der Waals surface area contributed by atoms with Crippen LogP contribution in [0, 0.1) is 25.2 Å². The van der Waals surface area contributed by atoms with Crippen LogP contribution in [0.1, 0.15) is 33.3 Å². The van der Waals surface area contributed by atoms with Crippen molar-refractivity contribution in [3.8, 4) is 11.8 Å². The molecule has 3 aromatic rings. The first-order valence-electron chi connectivity index (χ1n) is 8.69. The number of nitriles is 1. The van der Waals surface area contributed by atoms with Gasteiger partial charge in [-0.15, -0.1) is 0 Å². The van der Waals surface area contributed by atoms with Crippen molar-refractivity contribution < 1.29 is 9.90 Å². The van der Waals surface area contributed by atoms with E-state index >= 15 is 0 Å². The van der Waals surface area contributed by atoms with Crippen LogP contribution in [0.3, 0.4) is 0 Å². The molecule has 28 heavy (non-hydrogen) atoms. The molecule has 0 bridgehead atoms. The Balaban J connectivity index is 1.77. The fraction of sp³-hybridized carbons (Fsp3) is 0.263. The summed E-state index contributed by atoms with van der Waals surface area (Å²) in [6, 6.07) is 5.41. The number of hydrogen-bond donors (Lipinski definition) is 3. The molecule has 1 aromatic carbocycles. The van der Waals surface area contributed by atoms with E-state index in [1.54, 1.807) is 23.7 Å². The summed E-state index contributed by atoms with van der Waals surface area (Å²) in [4.78, 5) is 17.3. The number of carbonyl (C=O) groups is 1. The zero-order chi connectivity index (χ0) is 20.3. The second-order valence-corrected chi connectivity index (χ2v) is 7.25. The normalized spacial score (nSPS) is 10.5. The summed E-state index contributed by atoms with van der Waals surface area (Å²) in [6.45, 7) is 5.79. The number of thiazole rings is 1. The second-order valence-electron chi connectivity index (χ2n) is 6.22. The minimum Gasteiger partial charge on any atom is -0.508 e. The summed E-state index contributed by atoms with van der Waals surface area (Å²) < 4.78 is 1.57. The minimum absolute atomic E-state index is 0.132. The van der Waals surface area contributed by atoms with E-state index in [2.05, 4.69) is 26.8 Å². The number of aromatic hydroxyl groups is 1. The van der Waals surface area contributed by atoms with Crippen molar-refractivity contribution in [3.05, 3.63) is 46.1 Å². The highest BCUT2D eigenvalue weighted by molar-refractivity contribution is 7.17. The lowest BCUT2D eigenvalue weighted by atomic mass is 10.1. The molecular formula is C19H20N6O2S. The van der Waals surface area contributed by atoms with Crippen molar-refractivity contribution in [1.29, 1.82) is 5.26 Å². The number of phenols is 1. The quantitative estimate of drug-likeness (QED) is 0.584. The number of anilines is 3. The standard InChI is InChI=1S/C19H20N6O2S/c1-4-13-10-25(8-7-20)24-17(13)23-19-21-9-15(28-19)18(27)22-16-11(2)5-6-14(26)12(16)3/h5-6,9-10,26H,4,8H2,1-3H3,(H,22,27)(H,21,23,24). The Morgan fingerprint density at radius 1 is 1.39 bits per heavy atom. The number of aromatic nitrogens is 3. The summed E-state index contributed by atoms with van der Waals surface area (Å²) in [5.41, 5.74) is 3.04. The molecule has 1 amide bonds. The van der Waals surface area contributed by atoms with Crippen LogP contribution in [0.2, 0.25) is 0 Å².